The molecule has 0 aromatic heterocycles. The first-order chi connectivity index (χ1) is 13.9. The van der Waals surface area contributed by atoms with Crippen molar-refractivity contribution in [3.8, 4) is 0 Å². The van der Waals surface area contributed by atoms with Gasteiger partial charge in [0.05, 0.1) is 30.5 Å². The molecular weight excluding hydrogens is 364 g/mol. The molecule has 0 bridgehead atoms. The first-order valence-electron chi connectivity index (χ1n) is 10.3. The number of rotatable bonds is 3. The van der Waals surface area contributed by atoms with Crippen LogP contribution in [-0.2, 0) is 19.7 Å². The van der Waals surface area contributed by atoms with Crippen LogP contribution in [0.25, 0.3) is 0 Å². The summed E-state index contributed by atoms with van der Waals surface area (Å²) in [4.78, 5) is 30.5. The summed E-state index contributed by atoms with van der Waals surface area (Å²) >= 11 is 0. The molecule has 2 aromatic rings. The molecule has 29 heavy (non-hydrogen) atoms. The number of hydrogen-bond donors (Lipinski definition) is 0. The largest absolute Gasteiger partial charge is 0.351 e. The minimum absolute atomic E-state index is 0.0620. The van der Waals surface area contributed by atoms with Crippen LogP contribution in [0.1, 0.15) is 43.9 Å². The van der Waals surface area contributed by atoms with Gasteiger partial charge >= 0.3 is 0 Å². The van der Waals surface area contributed by atoms with E-state index in [0.717, 1.165) is 11.1 Å². The molecule has 0 radical (unpaired) electrons. The number of hydrogen-bond acceptors (Lipinski definition) is 3. The fraction of sp³-hybridized carbons (Fsp3) is 0.417. The number of carbonyl (C=O) groups is 2. The minimum atomic E-state index is -0.681. The fourth-order valence-corrected chi connectivity index (χ4v) is 5.35. The van der Waals surface area contributed by atoms with Crippen LogP contribution >= 0.6 is 0 Å². The normalized spacial score (nSPS) is 28.6. The van der Waals surface area contributed by atoms with Gasteiger partial charge in [-0.25, -0.2) is 0 Å². The second kappa shape index (κ2) is 6.42. The fourth-order valence-electron chi connectivity index (χ4n) is 5.35. The van der Waals surface area contributed by atoms with E-state index in [0.29, 0.717) is 26.0 Å². The van der Waals surface area contributed by atoms with E-state index in [9.17, 15) is 9.59 Å². The van der Waals surface area contributed by atoms with Gasteiger partial charge in [-0.1, -0.05) is 60.7 Å². The van der Waals surface area contributed by atoms with Gasteiger partial charge in [0.15, 0.2) is 5.72 Å². The molecule has 5 nitrogen and oxygen atoms in total. The Kier molecular flexibility index (Phi) is 4.07. The van der Waals surface area contributed by atoms with E-state index in [1.54, 1.807) is 0 Å². The van der Waals surface area contributed by atoms with Crippen molar-refractivity contribution in [2.24, 2.45) is 0 Å². The Bertz CT molecular complexity index is 943. The predicted octanol–water partition coefficient (Wildman–Crippen LogP) is 3.27. The van der Waals surface area contributed by atoms with Crippen LogP contribution in [-0.4, -0.2) is 46.5 Å². The van der Waals surface area contributed by atoms with Gasteiger partial charge in [0.2, 0.25) is 11.8 Å². The summed E-state index contributed by atoms with van der Waals surface area (Å²) < 4.78 is 6.34. The topological polar surface area (TPSA) is 49.9 Å². The Labute approximate surface area is 171 Å². The summed E-state index contributed by atoms with van der Waals surface area (Å²) in [6.07, 6.45) is 1.00. The van der Waals surface area contributed by atoms with E-state index >= 15 is 0 Å². The summed E-state index contributed by atoms with van der Waals surface area (Å²) in [7, 11) is 0. The van der Waals surface area contributed by atoms with Gasteiger partial charge in [0.1, 0.15) is 0 Å². The van der Waals surface area contributed by atoms with Crippen LogP contribution in [0.4, 0.5) is 0 Å². The molecule has 2 aromatic carbocycles. The number of ether oxygens (including phenoxy) is 1. The van der Waals surface area contributed by atoms with Gasteiger partial charge < -0.3 is 14.5 Å². The minimum Gasteiger partial charge on any atom is -0.351 e. The highest BCUT2D eigenvalue weighted by Gasteiger charge is 2.66. The molecule has 2 amide bonds. The van der Waals surface area contributed by atoms with Crippen molar-refractivity contribution >= 4 is 11.8 Å². The van der Waals surface area contributed by atoms with Crippen LogP contribution in [0.5, 0.6) is 0 Å². The lowest BCUT2D eigenvalue weighted by molar-refractivity contribution is -0.143. The van der Waals surface area contributed by atoms with E-state index in [2.05, 4.69) is 0 Å². The molecule has 3 heterocycles. The van der Waals surface area contributed by atoms with Crippen molar-refractivity contribution in [1.82, 2.24) is 9.80 Å². The highest BCUT2D eigenvalue weighted by Crippen LogP contribution is 2.52. The van der Waals surface area contributed by atoms with Crippen molar-refractivity contribution < 1.29 is 14.3 Å². The Morgan fingerprint density at radius 3 is 2.41 bits per heavy atom. The Morgan fingerprint density at radius 2 is 1.72 bits per heavy atom. The third kappa shape index (κ3) is 2.57. The molecule has 150 valence electrons. The van der Waals surface area contributed by atoms with Crippen molar-refractivity contribution in [3.63, 3.8) is 0 Å². The maximum atomic E-state index is 13.6. The third-order valence-electron chi connectivity index (χ3n) is 6.93. The van der Waals surface area contributed by atoms with Gasteiger partial charge in [-0.3, -0.25) is 9.59 Å². The Balaban J connectivity index is 1.45. The smallest absolute Gasteiger partial charge is 0.233 e. The summed E-state index contributed by atoms with van der Waals surface area (Å²) in [5.41, 5.74) is 0.746. The number of nitrogens with zero attached hydrogens (tertiary/aromatic N) is 2. The van der Waals surface area contributed by atoms with Gasteiger partial charge in [0, 0.05) is 13.0 Å². The average Bonchev–Trinajstić information content (AvgIpc) is 3.37. The quantitative estimate of drug-likeness (QED) is 0.808. The standard InChI is InChI=1S/C24H26N2O3/c1-23(2,18-11-7-4-8-12-18)22(28)25-14-13-24-20(25)15-21(27)26(24)19(16-29-24)17-9-5-3-6-10-17/h3-12,19-20H,13-16H2,1-2H3/t19-,20+,24-/m0/s1. The summed E-state index contributed by atoms with van der Waals surface area (Å²) in [6, 6.07) is 19.6. The van der Waals surface area contributed by atoms with E-state index < -0.39 is 11.1 Å². The molecule has 5 heteroatoms. The molecule has 3 aliphatic rings. The van der Waals surface area contributed by atoms with Gasteiger partial charge in [-0.2, -0.15) is 0 Å². The molecule has 5 rings (SSSR count). The average molecular weight is 390 g/mol. The molecule has 0 N–H and O–H groups in total. The highest BCUT2D eigenvalue weighted by molar-refractivity contribution is 5.90. The summed E-state index contributed by atoms with van der Waals surface area (Å²) in [5, 5.41) is 0. The van der Waals surface area contributed by atoms with Gasteiger partial charge in [0.25, 0.3) is 0 Å². The van der Waals surface area contributed by atoms with E-state index in [4.69, 9.17) is 4.74 Å². The van der Waals surface area contributed by atoms with E-state index in [1.807, 2.05) is 84.3 Å². The zero-order valence-corrected chi connectivity index (χ0v) is 16.9. The van der Waals surface area contributed by atoms with Gasteiger partial charge in [-0.15, -0.1) is 0 Å². The summed E-state index contributed by atoms with van der Waals surface area (Å²) in [6.45, 7) is 5.03. The highest BCUT2D eigenvalue weighted by atomic mass is 16.5. The lowest BCUT2D eigenvalue weighted by atomic mass is 9.83. The van der Waals surface area contributed by atoms with Crippen molar-refractivity contribution in [2.75, 3.05) is 13.2 Å². The van der Waals surface area contributed by atoms with Crippen LogP contribution in [0, 0.1) is 0 Å². The Hall–Kier alpha value is -2.66. The number of amides is 2. The molecule has 3 atom stereocenters. The first-order valence-corrected chi connectivity index (χ1v) is 10.3. The molecule has 3 aliphatic heterocycles. The van der Waals surface area contributed by atoms with Crippen molar-refractivity contribution in [1.29, 1.82) is 0 Å². The second-order valence-electron chi connectivity index (χ2n) is 8.81. The van der Waals surface area contributed by atoms with Crippen LogP contribution < -0.4 is 0 Å². The lowest BCUT2D eigenvalue weighted by Crippen LogP contribution is -2.52. The number of carbonyl (C=O) groups excluding carboxylic acids is 2. The SMILES string of the molecule is CC(C)(C(=O)N1CC[C@@]23OC[C@@H](c4ccccc4)N2C(=O)C[C@@H]13)c1ccccc1. The molecular formula is C24H26N2O3. The maximum Gasteiger partial charge on any atom is 0.233 e. The van der Waals surface area contributed by atoms with E-state index in [1.165, 1.54) is 0 Å². The molecule has 0 saturated carbocycles. The molecule has 0 unspecified atom stereocenters. The predicted molar refractivity (Wildman–Crippen MR) is 109 cm³/mol. The molecule has 3 saturated heterocycles. The van der Waals surface area contributed by atoms with E-state index in [-0.39, 0.29) is 23.9 Å². The molecule has 1 spiro atoms. The zero-order chi connectivity index (χ0) is 20.2. The van der Waals surface area contributed by atoms with Crippen LogP contribution in [0.15, 0.2) is 60.7 Å². The Morgan fingerprint density at radius 1 is 1.07 bits per heavy atom. The van der Waals surface area contributed by atoms with Crippen LogP contribution in [0.3, 0.4) is 0 Å². The molecule has 0 aliphatic carbocycles. The molecule has 3 fully saturated rings. The monoisotopic (exact) mass is 390 g/mol. The van der Waals surface area contributed by atoms with Gasteiger partial charge in [-0.05, 0) is 25.0 Å². The van der Waals surface area contributed by atoms with Crippen LogP contribution in [0.2, 0.25) is 0 Å². The third-order valence-corrected chi connectivity index (χ3v) is 6.93. The second-order valence-corrected chi connectivity index (χ2v) is 8.81. The lowest BCUT2D eigenvalue weighted by Gasteiger charge is -2.36. The van der Waals surface area contributed by atoms with Crippen molar-refractivity contribution in [3.05, 3.63) is 71.8 Å². The number of benzene rings is 2. The maximum absolute atomic E-state index is 13.6. The zero-order valence-electron chi connectivity index (χ0n) is 16.9. The number of likely N-dealkylation sites (tertiary alicyclic amines) is 1. The first kappa shape index (κ1) is 18.4. The summed E-state index contributed by atoms with van der Waals surface area (Å²) in [5.74, 6) is 0.142. The van der Waals surface area contributed by atoms with Crippen molar-refractivity contribution in [2.45, 2.75) is 49.9 Å².